The van der Waals surface area contributed by atoms with E-state index in [-0.39, 0.29) is 33.5 Å². The van der Waals surface area contributed by atoms with E-state index in [1.807, 2.05) is 24.3 Å². The van der Waals surface area contributed by atoms with Gasteiger partial charge in [0.25, 0.3) is 5.91 Å². The van der Waals surface area contributed by atoms with Crippen molar-refractivity contribution in [3.05, 3.63) is 64.2 Å². The van der Waals surface area contributed by atoms with Crippen molar-refractivity contribution in [3.63, 3.8) is 0 Å². The van der Waals surface area contributed by atoms with E-state index < -0.39 is 31.8 Å². The second-order valence-electron chi connectivity index (χ2n) is 7.98. The van der Waals surface area contributed by atoms with Crippen molar-refractivity contribution in [2.75, 3.05) is 25.1 Å². The lowest BCUT2D eigenvalue weighted by molar-refractivity contribution is 0.0747. The first-order valence-corrected chi connectivity index (χ1v) is 13.6. The number of fused-ring (bicyclic) bond motifs is 1. The highest BCUT2D eigenvalue weighted by molar-refractivity contribution is 7.91. The Morgan fingerprint density at radius 2 is 1.87 bits per heavy atom. The lowest BCUT2D eigenvalue weighted by Gasteiger charge is -2.28. The van der Waals surface area contributed by atoms with Gasteiger partial charge in [0.15, 0.2) is 9.84 Å². The first-order chi connectivity index (χ1) is 14.6. The molecule has 2 aromatic rings. The van der Waals surface area contributed by atoms with Gasteiger partial charge in [-0.25, -0.2) is 16.8 Å². The van der Waals surface area contributed by atoms with Crippen LogP contribution in [0.5, 0.6) is 0 Å². The van der Waals surface area contributed by atoms with Crippen LogP contribution >= 0.6 is 11.6 Å². The fraction of sp³-hybridized carbons (Fsp3) is 0.381. The minimum atomic E-state index is -3.92. The number of amides is 1. The molecule has 2 aliphatic rings. The predicted molar refractivity (Wildman–Crippen MR) is 118 cm³/mol. The van der Waals surface area contributed by atoms with Crippen molar-refractivity contribution < 1.29 is 21.6 Å². The molecular formula is C21H23ClN2O5S2. The van der Waals surface area contributed by atoms with Gasteiger partial charge in [0, 0.05) is 31.7 Å². The van der Waals surface area contributed by atoms with Crippen LogP contribution in [0.25, 0.3) is 0 Å². The van der Waals surface area contributed by atoms with Crippen LogP contribution in [0.15, 0.2) is 47.4 Å². The van der Waals surface area contributed by atoms with Crippen molar-refractivity contribution in [1.29, 1.82) is 0 Å². The average molecular weight is 483 g/mol. The quantitative estimate of drug-likeness (QED) is 0.667. The Bertz CT molecular complexity index is 1240. The normalized spacial score (nSPS) is 20.9. The van der Waals surface area contributed by atoms with E-state index in [0.29, 0.717) is 19.4 Å². The summed E-state index contributed by atoms with van der Waals surface area (Å²) in [4.78, 5) is 14.2. The molecule has 1 saturated heterocycles. The molecular weight excluding hydrogens is 460 g/mol. The van der Waals surface area contributed by atoms with Gasteiger partial charge in [0.1, 0.15) is 4.90 Å². The first kappa shape index (κ1) is 22.3. The van der Waals surface area contributed by atoms with Crippen LogP contribution in [-0.2, 0) is 32.8 Å². The molecule has 0 bridgehead atoms. The molecule has 0 radical (unpaired) electrons. The highest BCUT2D eigenvalue weighted by atomic mass is 35.5. The number of rotatable bonds is 4. The van der Waals surface area contributed by atoms with Gasteiger partial charge in [-0.2, -0.15) is 4.31 Å². The summed E-state index contributed by atoms with van der Waals surface area (Å²) in [5.41, 5.74) is 2.23. The average Bonchev–Trinajstić information content (AvgIpc) is 3.12. The van der Waals surface area contributed by atoms with Gasteiger partial charge in [-0.15, -0.1) is 0 Å². The number of hydrogen-bond acceptors (Lipinski definition) is 5. The topological polar surface area (TPSA) is 91.8 Å². The van der Waals surface area contributed by atoms with Crippen molar-refractivity contribution >= 4 is 37.4 Å². The molecule has 0 aromatic heterocycles. The molecule has 0 unspecified atom stereocenters. The Kier molecular flexibility index (Phi) is 5.89. The maximum Gasteiger partial charge on any atom is 0.253 e. The number of sulfone groups is 1. The number of sulfonamides is 1. The second-order valence-corrected chi connectivity index (χ2v) is 12.5. The standard InChI is InChI=1S/C21H23ClN2O5S2/c1-23(18-9-11-30(26,27)14-18)21(25)16-6-7-19(22)20(12-16)31(28,29)24-10-8-15-4-2-3-5-17(15)13-24/h2-7,12,18H,8-11,13-14H2,1H3/t18-/m1/s1. The van der Waals surface area contributed by atoms with Gasteiger partial charge >= 0.3 is 0 Å². The molecule has 2 heterocycles. The van der Waals surface area contributed by atoms with Gasteiger partial charge < -0.3 is 4.90 Å². The molecule has 4 rings (SSSR count). The number of carbonyl (C=O) groups is 1. The maximum atomic E-state index is 13.3. The molecule has 10 heteroatoms. The van der Waals surface area contributed by atoms with Gasteiger partial charge in [-0.3, -0.25) is 4.79 Å². The minimum absolute atomic E-state index is 0.0431. The molecule has 0 saturated carbocycles. The van der Waals surface area contributed by atoms with Crippen molar-refractivity contribution in [2.24, 2.45) is 0 Å². The van der Waals surface area contributed by atoms with E-state index >= 15 is 0 Å². The predicted octanol–water partition coefficient (Wildman–Crippen LogP) is 2.35. The molecule has 0 spiro atoms. The largest absolute Gasteiger partial charge is 0.338 e. The third kappa shape index (κ3) is 4.37. The molecule has 166 valence electrons. The number of benzene rings is 2. The highest BCUT2D eigenvalue weighted by Crippen LogP contribution is 2.30. The summed E-state index contributed by atoms with van der Waals surface area (Å²) in [5, 5.41) is 0.0431. The number of hydrogen-bond donors (Lipinski definition) is 0. The lowest BCUT2D eigenvalue weighted by atomic mass is 10.0. The zero-order chi connectivity index (χ0) is 22.4. The summed E-state index contributed by atoms with van der Waals surface area (Å²) in [5.74, 6) is -0.466. The third-order valence-corrected chi connectivity index (χ3v) is 10.0. The van der Waals surface area contributed by atoms with Crippen molar-refractivity contribution in [3.8, 4) is 0 Å². The molecule has 0 aliphatic carbocycles. The van der Waals surface area contributed by atoms with E-state index in [4.69, 9.17) is 11.6 Å². The van der Waals surface area contributed by atoms with Gasteiger partial charge in [-0.1, -0.05) is 35.9 Å². The van der Waals surface area contributed by atoms with Crippen LogP contribution in [0.2, 0.25) is 5.02 Å². The number of carbonyl (C=O) groups excluding carboxylic acids is 1. The van der Waals surface area contributed by atoms with Crippen LogP contribution in [0.3, 0.4) is 0 Å². The number of halogens is 1. The summed E-state index contributed by atoms with van der Waals surface area (Å²) in [7, 11) is -5.53. The Morgan fingerprint density at radius 1 is 1.16 bits per heavy atom. The Hall–Kier alpha value is -1.94. The smallest absolute Gasteiger partial charge is 0.253 e. The summed E-state index contributed by atoms with van der Waals surface area (Å²) < 4.78 is 51.6. The first-order valence-electron chi connectivity index (χ1n) is 9.92. The fourth-order valence-corrected chi connectivity index (χ4v) is 7.79. The molecule has 31 heavy (non-hydrogen) atoms. The van der Waals surface area contributed by atoms with E-state index in [1.54, 1.807) is 0 Å². The summed E-state index contributed by atoms with van der Waals surface area (Å²) in [6.07, 6.45) is 0.973. The van der Waals surface area contributed by atoms with Gasteiger partial charge in [-0.05, 0) is 42.2 Å². The van der Waals surface area contributed by atoms with E-state index in [9.17, 15) is 21.6 Å². The molecule has 2 aliphatic heterocycles. The SMILES string of the molecule is CN(C(=O)c1ccc(Cl)c(S(=O)(=O)N2CCc3ccccc3C2)c1)[C@@H]1CCS(=O)(=O)C1. The fourth-order valence-electron chi connectivity index (χ4n) is 4.10. The molecule has 1 atom stereocenters. The van der Waals surface area contributed by atoms with Crippen molar-refractivity contribution in [2.45, 2.75) is 30.3 Å². The van der Waals surface area contributed by atoms with Crippen molar-refractivity contribution in [1.82, 2.24) is 9.21 Å². The Balaban J connectivity index is 1.61. The molecule has 7 nitrogen and oxygen atoms in total. The zero-order valence-corrected chi connectivity index (χ0v) is 19.4. The highest BCUT2D eigenvalue weighted by Gasteiger charge is 2.34. The van der Waals surface area contributed by atoms with E-state index in [1.165, 1.54) is 34.5 Å². The maximum absolute atomic E-state index is 13.3. The molecule has 1 amide bonds. The third-order valence-electron chi connectivity index (χ3n) is 5.97. The monoisotopic (exact) mass is 482 g/mol. The summed E-state index contributed by atoms with van der Waals surface area (Å²) in [6.45, 7) is 0.570. The minimum Gasteiger partial charge on any atom is -0.338 e. The molecule has 2 aromatic carbocycles. The molecule has 1 fully saturated rings. The Labute approximate surface area is 187 Å². The van der Waals surface area contributed by atoms with Gasteiger partial charge in [0.05, 0.1) is 16.5 Å². The van der Waals surface area contributed by atoms with E-state index in [0.717, 1.165) is 11.1 Å². The van der Waals surface area contributed by atoms with Gasteiger partial charge in [0.2, 0.25) is 10.0 Å². The van der Waals surface area contributed by atoms with Crippen LogP contribution < -0.4 is 0 Å². The van der Waals surface area contributed by atoms with Crippen LogP contribution in [0.1, 0.15) is 27.9 Å². The summed E-state index contributed by atoms with van der Waals surface area (Å²) >= 11 is 6.24. The van der Waals surface area contributed by atoms with Crippen LogP contribution in [0, 0.1) is 0 Å². The Morgan fingerprint density at radius 3 is 2.55 bits per heavy atom. The number of nitrogens with zero attached hydrogens (tertiary/aromatic N) is 2. The second kappa shape index (κ2) is 8.20. The zero-order valence-electron chi connectivity index (χ0n) is 17.0. The summed E-state index contributed by atoms with van der Waals surface area (Å²) in [6, 6.07) is 11.4. The van der Waals surface area contributed by atoms with Crippen LogP contribution in [0.4, 0.5) is 0 Å². The molecule has 0 N–H and O–H groups in total. The lowest BCUT2D eigenvalue weighted by Crippen LogP contribution is -2.38. The van der Waals surface area contributed by atoms with E-state index in [2.05, 4.69) is 0 Å². The van der Waals surface area contributed by atoms with Crippen LogP contribution in [-0.4, -0.2) is 63.1 Å².